The van der Waals surface area contributed by atoms with E-state index in [4.69, 9.17) is 9.47 Å². The zero-order valence-corrected chi connectivity index (χ0v) is 17.7. The van der Waals surface area contributed by atoms with E-state index in [1.807, 2.05) is 18.2 Å². The molecule has 0 aliphatic rings. The number of aromatic carboxylic acids is 1. The van der Waals surface area contributed by atoms with E-state index in [9.17, 15) is 23.9 Å². The highest BCUT2D eigenvalue weighted by Crippen LogP contribution is 2.30. The highest BCUT2D eigenvalue weighted by molar-refractivity contribution is 7.13. The normalized spacial score (nSPS) is 12.0. The summed E-state index contributed by atoms with van der Waals surface area (Å²) < 4.78 is 26.5. The van der Waals surface area contributed by atoms with Gasteiger partial charge in [-0.1, -0.05) is 18.2 Å². The van der Waals surface area contributed by atoms with Crippen LogP contribution in [-0.4, -0.2) is 27.7 Å². The van der Waals surface area contributed by atoms with Crippen LogP contribution in [0.1, 0.15) is 28.3 Å². The lowest BCUT2D eigenvalue weighted by atomic mass is 10.1. The van der Waals surface area contributed by atoms with Crippen LogP contribution in [0, 0.1) is 5.82 Å². The lowest BCUT2D eigenvalue weighted by Gasteiger charge is -2.18. The zero-order chi connectivity index (χ0) is 23.0. The van der Waals surface area contributed by atoms with Crippen LogP contribution in [0.4, 0.5) is 4.39 Å². The van der Waals surface area contributed by atoms with Crippen LogP contribution in [0.3, 0.4) is 0 Å². The summed E-state index contributed by atoms with van der Waals surface area (Å²) in [7, 11) is 1.53. The standard InChI is InChI=1S/C22H17FN2O6S/c1-11(13-5-3-4-6-17(13)30-2)31-12-7-8-14(23)16(9-12)25-20(26)18-15(24-22(25)29)10-32-19(18)21(27)28/h3-11H,1-2H3,(H,24,29)(H,27,28). The molecular formula is C22H17FN2O6S. The number of fused-ring (bicyclic) bond motifs is 1. The number of aromatic amines is 1. The molecule has 2 aromatic carbocycles. The molecule has 8 nitrogen and oxygen atoms in total. The van der Waals surface area contributed by atoms with Crippen LogP contribution in [0.5, 0.6) is 11.5 Å². The Morgan fingerprint density at radius 2 is 1.97 bits per heavy atom. The van der Waals surface area contributed by atoms with Gasteiger partial charge in [-0.25, -0.2) is 18.5 Å². The van der Waals surface area contributed by atoms with Gasteiger partial charge in [-0.05, 0) is 25.1 Å². The van der Waals surface area contributed by atoms with Crippen molar-refractivity contribution in [3.8, 4) is 17.2 Å². The highest BCUT2D eigenvalue weighted by Gasteiger charge is 2.21. The number of H-pyrrole nitrogens is 1. The number of carboxylic acid groups (broad SMARTS) is 1. The van der Waals surface area contributed by atoms with Crippen LogP contribution in [0.15, 0.2) is 57.4 Å². The van der Waals surface area contributed by atoms with E-state index >= 15 is 0 Å². The van der Waals surface area contributed by atoms with Gasteiger partial charge in [0, 0.05) is 17.0 Å². The minimum absolute atomic E-state index is 0.0799. The van der Waals surface area contributed by atoms with Crippen LogP contribution in [-0.2, 0) is 0 Å². The molecule has 2 heterocycles. The fourth-order valence-corrected chi connectivity index (χ4v) is 4.25. The number of carboxylic acids is 1. The van der Waals surface area contributed by atoms with Gasteiger partial charge in [0.05, 0.1) is 23.7 Å². The van der Waals surface area contributed by atoms with Crippen molar-refractivity contribution >= 4 is 28.2 Å². The smallest absolute Gasteiger partial charge is 0.346 e. The number of methoxy groups -OCH3 is 1. The highest BCUT2D eigenvalue weighted by atomic mass is 32.1. The largest absolute Gasteiger partial charge is 0.496 e. The van der Waals surface area contributed by atoms with Crippen molar-refractivity contribution in [2.75, 3.05) is 7.11 Å². The van der Waals surface area contributed by atoms with Gasteiger partial charge < -0.3 is 19.6 Å². The molecule has 0 saturated heterocycles. The maximum Gasteiger partial charge on any atom is 0.346 e. The lowest BCUT2D eigenvalue weighted by molar-refractivity contribution is 0.0704. The number of nitrogens with one attached hydrogen (secondary N) is 1. The first-order chi connectivity index (χ1) is 15.3. The number of para-hydroxylation sites is 1. The summed E-state index contributed by atoms with van der Waals surface area (Å²) in [5.74, 6) is -1.35. The van der Waals surface area contributed by atoms with Crippen molar-refractivity contribution in [1.82, 2.24) is 9.55 Å². The summed E-state index contributed by atoms with van der Waals surface area (Å²) in [6.07, 6.45) is -0.488. The average Bonchev–Trinajstić information content (AvgIpc) is 3.20. The number of rotatable bonds is 6. The van der Waals surface area contributed by atoms with E-state index < -0.39 is 29.1 Å². The average molecular weight is 456 g/mol. The molecule has 0 amide bonds. The quantitative estimate of drug-likeness (QED) is 0.458. The molecule has 2 N–H and O–H groups in total. The molecule has 0 saturated carbocycles. The van der Waals surface area contributed by atoms with Crippen molar-refractivity contribution in [2.24, 2.45) is 0 Å². The van der Waals surface area contributed by atoms with Crippen molar-refractivity contribution in [2.45, 2.75) is 13.0 Å². The second kappa shape index (κ2) is 8.31. The van der Waals surface area contributed by atoms with Gasteiger partial charge in [0.1, 0.15) is 28.3 Å². The fraction of sp³-hybridized carbons (Fsp3) is 0.136. The molecule has 0 bridgehead atoms. The number of thiophene rings is 1. The SMILES string of the molecule is COc1ccccc1C(C)Oc1ccc(F)c(-n2c(=O)[nH]c3csc(C(=O)O)c3c2=O)c1. The molecule has 0 aliphatic carbocycles. The van der Waals surface area contributed by atoms with Crippen LogP contribution < -0.4 is 20.7 Å². The first-order valence-electron chi connectivity index (χ1n) is 9.41. The Morgan fingerprint density at radius 1 is 1.22 bits per heavy atom. The maximum atomic E-state index is 14.7. The molecule has 4 rings (SSSR count). The minimum atomic E-state index is -1.32. The van der Waals surface area contributed by atoms with Gasteiger partial charge >= 0.3 is 11.7 Å². The third-order valence-corrected chi connectivity index (χ3v) is 5.86. The van der Waals surface area contributed by atoms with Crippen LogP contribution >= 0.6 is 11.3 Å². The number of hydrogen-bond acceptors (Lipinski definition) is 6. The van der Waals surface area contributed by atoms with Gasteiger partial charge in [-0.3, -0.25) is 4.79 Å². The summed E-state index contributed by atoms with van der Waals surface area (Å²) in [6, 6.07) is 10.9. The van der Waals surface area contributed by atoms with E-state index in [0.717, 1.165) is 23.0 Å². The molecule has 1 unspecified atom stereocenters. The summed E-state index contributed by atoms with van der Waals surface area (Å²) in [5.41, 5.74) is -1.36. The van der Waals surface area contributed by atoms with Crippen molar-refractivity contribution < 1.29 is 23.8 Å². The number of halogens is 1. The Labute approximate surface area is 184 Å². The number of hydrogen-bond donors (Lipinski definition) is 2. The van der Waals surface area contributed by atoms with Gasteiger partial charge in [0.2, 0.25) is 0 Å². The van der Waals surface area contributed by atoms with E-state index in [1.54, 1.807) is 13.0 Å². The predicted molar refractivity (Wildman–Crippen MR) is 117 cm³/mol. The van der Waals surface area contributed by atoms with E-state index in [1.165, 1.54) is 24.6 Å². The van der Waals surface area contributed by atoms with Gasteiger partial charge in [-0.2, -0.15) is 0 Å². The summed E-state index contributed by atoms with van der Waals surface area (Å²) >= 11 is 0.801. The third kappa shape index (κ3) is 3.65. The number of benzene rings is 2. The first kappa shape index (κ1) is 21.3. The monoisotopic (exact) mass is 456 g/mol. The predicted octanol–water partition coefficient (Wildman–Crippen LogP) is 3.73. The molecule has 0 spiro atoms. The molecule has 10 heteroatoms. The summed E-state index contributed by atoms with van der Waals surface area (Å²) in [5, 5.41) is 10.5. The Morgan fingerprint density at radius 3 is 2.69 bits per heavy atom. The van der Waals surface area contributed by atoms with E-state index in [2.05, 4.69) is 4.98 Å². The zero-order valence-electron chi connectivity index (χ0n) is 16.9. The van der Waals surface area contributed by atoms with Gasteiger partial charge in [-0.15, -0.1) is 11.3 Å². The lowest BCUT2D eigenvalue weighted by Crippen LogP contribution is -2.34. The molecular weight excluding hydrogens is 439 g/mol. The van der Waals surface area contributed by atoms with Crippen molar-refractivity contribution in [1.29, 1.82) is 0 Å². The minimum Gasteiger partial charge on any atom is -0.496 e. The van der Waals surface area contributed by atoms with Gasteiger partial charge in [0.25, 0.3) is 5.56 Å². The molecule has 1 atom stereocenters. The second-order valence-electron chi connectivity index (χ2n) is 6.84. The first-order valence-corrected chi connectivity index (χ1v) is 10.3. The second-order valence-corrected chi connectivity index (χ2v) is 7.72. The molecule has 0 aliphatic heterocycles. The number of carbonyl (C=O) groups is 1. The number of ether oxygens (including phenoxy) is 2. The third-order valence-electron chi connectivity index (χ3n) is 4.90. The topological polar surface area (TPSA) is 111 Å². The molecule has 0 fully saturated rings. The van der Waals surface area contributed by atoms with E-state index in [0.29, 0.717) is 10.3 Å². The molecule has 164 valence electrons. The number of aromatic nitrogens is 2. The van der Waals surface area contributed by atoms with Crippen molar-refractivity contribution in [3.63, 3.8) is 0 Å². The molecule has 0 radical (unpaired) electrons. The Bertz CT molecular complexity index is 1460. The summed E-state index contributed by atoms with van der Waals surface area (Å²) in [4.78, 5) is 39.2. The van der Waals surface area contributed by atoms with Crippen molar-refractivity contribution in [3.05, 3.63) is 84.9 Å². The molecule has 2 aromatic heterocycles. The molecule has 32 heavy (non-hydrogen) atoms. The van der Waals surface area contributed by atoms with Crippen LogP contribution in [0.2, 0.25) is 0 Å². The Balaban J connectivity index is 1.81. The van der Waals surface area contributed by atoms with Crippen LogP contribution in [0.25, 0.3) is 16.6 Å². The number of nitrogens with zero attached hydrogens (tertiary/aromatic N) is 1. The fourth-order valence-electron chi connectivity index (χ4n) is 3.42. The maximum absolute atomic E-state index is 14.7. The van der Waals surface area contributed by atoms with E-state index in [-0.39, 0.29) is 27.2 Å². The van der Waals surface area contributed by atoms with Gasteiger partial charge in [0.15, 0.2) is 0 Å². The summed E-state index contributed by atoms with van der Waals surface area (Å²) in [6.45, 7) is 1.77. The Kier molecular flexibility index (Phi) is 5.54. The molecule has 4 aromatic rings. The Hall–Kier alpha value is -3.92.